The van der Waals surface area contributed by atoms with E-state index in [1.54, 1.807) is 4.90 Å². The Morgan fingerprint density at radius 3 is 2.79 bits per heavy atom. The molecule has 5 heteroatoms. The van der Waals surface area contributed by atoms with E-state index in [0.717, 1.165) is 6.42 Å². The van der Waals surface area contributed by atoms with Crippen molar-refractivity contribution in [2.45, 2.75) is 38.4 Å². The molecule has 0 spiro atoms. The van der Waals surface area contributed by atoms with Crippen LogP contribution < -0.4 is 0 Å². The van der Waals surface area contributed by atoms with E-state index in [2.05, 4.69) is 30.3 Å². The zero-order chi connectivity index (χ0) is 19.7. The molecule has 0 N–H and O–H groups in total. The summed E-state index contributed by atoms with van der Waals surface area (Å²) in [5.74, 6) is -0.153. The van der Waals surface area contributed by atoms with Gasteiger partial charge in [0.05, 0.1) is 12.7 Å². The van der Waals surface area contributed by atoms with Crippen LogP contribution in [0.4, 0.5) is 0 Å². The van der Waals surface area contributed by atoms with Gasteiger partial charge >= 0.3 is 0 Å². The van der Waals surface area contributed by atoms with Crippen LogP contribution in [0.15, 0.2) is 54.3 Å². The third kappa shape index (κ3) is 3.94. The van der Waals surface area contributed by atoms with E-state index in [9.17, 15) is 9.59 Å². The van der Waals surface area contributed by atoms with Gasteiger partial charge in [0.15, 0.2) is 11.5 Å². The van der Waals surface area contributed by atoms with Crippen LogP contribution in [0.25, 0.3) is 10.8 Å². The zero-order valence-electron chi connectivity index (χ0n) is 16.3. The van der Waals surface area contributed by atoms with Gasteiger partial charge < -0.3 is 14.4 Å². The van der Waals surface area contributed by atoms with E-state index < -0.39 is 5.60 Å². The van der Waals surface area contributed by atoms with Crippen LogP contribution in [0.3, 0.4) is 0 Å². The fourth-order valence-electron chi connectivity index (χ4n) is 3.98. The minimum Gasteiger partial charge on any atom is -0.481 e. The van der Waals surface area contributed by atoms with E-state index in [0.29, 0.717) is 19.7 Å². The number of hydrogen-bond acceptors (Lipinski definition) is 4. The van der Waals surface area contributed by atoms with Gasteiger partial charge in [-0.1, -0.05) is 42.5 Å². The first-order chi connectivity index (χ1) is 13.4. The standard InChI is InChI=1S/C23H25NO4/c1-23(2)14-18(25)13-21(28-23)22(26)24-10-11-27-19(15-24)12-17-8-5-7-16-6-3-4-9-20(16)17/h3-9,13,19H,10-12,14-15H2,1-2H3. The molecule has 2 aliphatic heterocycles. The molecule has 1 fully saturated rings. The second kappa shape index (κ2) is 7.40. The summed E-state index contributed by atoms with van der Waals surface area (Å²) in [4.78, 5) is 26.6. The Hall–Kier alpha value is -2.66. The zero-order valence-corrected chi connectivity index (χ0v) is 16.3. The van der Waals surface area contributed by atoms with Crippen molar-refractivity contribution in [1.82, 2.24) is 4.90 Å². The summed E-state index contributed by atoms with van der Waals surface area (Å²) in [5, 5.41) is 2.41. The average molecular weight is 379 g/mol. The van der Waals surface area contributed by atoms with Crippen molar-refractivity contribution < 1.29 is 19.1 Å². The molecule has 1 saturated heterocycles. The SMILES string of the molecule is CC1(C)CC(=O)C=C(C(=O)N2CCOC(Cc3cccc4ccccc34)C2)O1. The molecule has 0 aromatic heterocycles. The number of ketones is 1. The maximum absolute atomic E-state index is 12.9. The van der Waals surface area contributed by atoms with Crippen molar-refractivity contribution in [3.63, 3.8) is 0 Å². The number of benzene rings is 2. The molecule has 4 rings (SSSR count). The lowest BCUT2D eigenvalue weighted by atomic mass is 9.98. The molecule has 28 heavy (non-hydrogen) atoms. The van der Waals surface area contributed by atoms with Gasteiger partial charge in [-0.05, 0) is 30.2 Å². The number of carbonyl (C=O) groups excluding carboxylic acids is 2. The summed E-state index contributed by atoms with van der Waals surface area (Å²) >= 11 is 0. The molecule has 1 atom stereocenters. The Morgan fingerprint density at radius 1 is 1.18 bits per heavy atom. The molecule has 0 aliphatic carbocycles. The third-order valence-electron chi connectivity index (χ3n) is 5.24. The lowest BCUT2D eigenvalue weighted by Gasteiger charge is -2.36. The topological polar surface area (TPSA) is 55.8 Å². The highest BCUT2D eigenvalue weighted by molar-refractivity contribution is 6.01. The number of amides is 1. The molecular formula is C23H25NO4. The number of nitrogens with zero attached hydrogens (tertiary/aromatic N) is 1. The van der Waals surface area contributed by atoms with Crippen molar-refractivity contribution in [1.29, 1.82) is 0 Å². The highest BCUT2D eigenvalue weighted by Crippen LogP contribution is 2.27. The Bertz CT molecular complexity index is 941. The molecule has 2 aliphatic rings. The predicted molar refractivity (Wildman–Crippen MR) is 107 cm³/mol. The average Bonchev–Trinajstić information content (AvgIpc) is 2.66. The van der Waals surface area contributed by atoms with Gasteiger partial charge in [-0.2, -0.15) is 0 Å². The van der Waals surface area contributed by atoms with Crippen LogP contribution in [0.2, 0.25) is 0 Å². The molecule has 2 aromatic carbocycles. The molecule has 5 nitrogen and oxygen atoms in total. The van der Waals surface area contributed by atoms with Gasteiger partial charge in [-0.25, -0.2) is 0 Å². The van der Waals surface area contributed by atoms with Crippen LogP contribution in [0, 0.1) is 0 Å². The summed E-state index contributed by atoms with van der Waals surface area (Å²) < 4.78 is 11.7. The molecule has 0 radical (unpaired) electrons. The van der Waals surface area contributed by atoms with Gasteiger partial charge in [0.25, 0.3) is 5.91 Å². The fourth-order valence-corrected chi connectivity index (χ4v) is 3.98. The second-order valence-electron chi connectivity index (χ2n) is 8.10. The number of morpholine rings is 1. The first-order valence-electron chi connectivity index (χ1n) is 9.72. The molecular weight excluding hydrogens is 354 g/mol. The molecule has 1 unspecified atom stereocenters. The number of allylic oxidation sites excluding steroid dienone is 1. The minimum atomic E-state index is -0.647. The van der Waals surface area contributed by atoms with Gasteiger partial charge in [-0.15, -0.1) is 0 Å². The van der Waals surface area contributed by atoms with E-state index in [-0.39, 0.29) is 30.0 Å². The maximum atomic E-state index is 12.9. The quantitative estimate of drug-likeness (QED) is 0.821. The minimum absolute atomic E-state index is 0.0693. The van der Waals surface area contributed by atoms with Crippen molar-refractivity contribution in [3.05, 3.63) is 59.9 Å². The first-order valence-corrected chi connectivity index (χ1v) is 9.72. The van der Waals surface area contributed by atoms with E-state index in [1.165, 1.54) is 22.4 Å². The number of ether oxygens (including phenoxy) is 2. The first kappa shape index (κ1) is 18.7. The van der Waals surface area contributed by atoms with Crippen LogP contribution in [-0.2, 0) is 25.5 Å². The van der Waals surface area contributed by atoms with Gasteiger partial charge in [-0.3, -0.25) is 9.59 Å². The normalized spacial score (nSPS) is 21.9. The summed E-state index contributed by atoms with van der Waals surface area (Å²) in [5.41, 5.74) is 0.563. The molecule has 2 aromatic rings. The maximum Gasteiger partial charge on any atom is 0.289 e. The molecule has 146 valence electrons. The lowest BCUT2D eigenvalue weighted by Crippen LogP contribution is -2.48. The summed E-state index contributed by atoms with van der Waals surface area (Å²) in [6.45, 7) is 5.12. The van der Waals surface area contributed by atoms with Crippen LogP contribution in [-0.4, -0.2) is 48.0 Å². The monoisotopic (exact) mass is 379 g/mol. The smallest absolute Gasteiger partial charge is 0.289 e. The largest absolute Gasteiger partial charge is 0.481 e. The van der Waals surface area contributed by atoms with Crippen LogP contribution in [0.5, 0.6) is 0 Å². The Balaban J connectivity index is 1.49. The van der Waals surface area contributed by atoms with E-state index in [1.807, 2.05) is 26.0 Å². The van der Waals surface area contributed by atoms with Crippen molar-refractivity contribution in [3.8, 4) is 0 Å². The Morgan fingerprint density at radius 2 is 1.96 bits per heavy atom. The molecule has 0 saturated carbocycles. The number of hydrogen-bond donors (Lipinski definition) is 0. The molecule has 1 amide bonds. The summed E-state index contributed by atoms with van der Waals surface area (Å²) in [7, 11) is 0. The van der Waals surface area contributed by atoms with E-state index >= 15 is 0 Å². The summed E-state index contributed by atoms with van der Waals surface area (Å²) in [6, 6.07) is 14.5. The van der Waals surface area contributed by atoms with Crippen molar-refractivity contribution >= 4 is 22.5 Å². The number of carbonyl (C=O) groups is 2. The fraction of sp³-hybridized carbons (Fsp3) is 0.391. The van der Waals surface area contributed by atoms with Gasteiger partial charge in [0.2, 0.25) is 0 Å². The Kier molecular flexibility index (Phi) is 4.94. The Labute approximate surface area is 164 Å². The summed E-state index contributed by atoms with van der Waals surface area (Å²) in [6.07, 6.45) is 2.27. The van der Waals surface area contributed by atoms with Crippen LogP contribution in [0.1, 0.15) is 25.8 Å². The number of rotatable bonds is 3. The highest BCUT2D eigenvalue weighted by Gasteiger charge is 2.35. The van der Waals surface area contributed by atoms with E-state index in [4.69, 9.17) is 9.47 Å². The second-order valence-corrected chi connectivity index (χ2v) is 8.10. The van der Waals surface area contributed by atoms with Gasteiger partial charge in [0.1, 0.15) is 5.60 Å². The van der Waals surface area contributed by atoms with Crippen LogP contribution >= 0.6 is 0 Å². The molecule has 2 heterocycles. The number of fused-ring (bicyclic) bond motifs is 1. The van der Waals surface area contributed by atoms with Gasteiger partial charge in [0, 0.05) is 32.0 Å². The van der Waals surface area contributed by atoms with Crippen molar-refractivity contribution in [2.24, 2.45) is 0 Å². The highest BCUT2D eigenvalue weighted by atomic mass is 16.5. The third-order valence-corrected chi connectivity index (χ3v) is 5.24. The van der Waals surface area contributed by atoms with Crippen molar-refractivity contribution in [2.75, 3.05) is 19.7 Å². The predicted octanol–water partition coefficient (Wildman–Crippen LogP) is 3.26. The molecule has 0 bridgehead atoms. The lowest BCUT2D eigenvalue weighted by molar-refractivity contribution is -0.144.